The monoisotopic (exact) mass is 521 g/mol. The second kappa shape index (κ2) is 9.59. The lowest BCUT2D eigenvalue weighted by atomic mass is 10.0. The van der Waals surface area contributed by atoms with Gasteiger partial charge >= 0.3 is 0 Å². The third-order valence-electron chi connectivity index (χ3n) is 8.35. The molecule has 5 aliphatic heterocycles. The number of aliphatic hydroxyl groups excluding tert-OH is 1. The summed E-state index contributed by atoms with van der Waals surface area (Å²) in [5.41, 5.74) is 6.27. The van der Waals surface area contributed by atoms with Gasteiger partial charge in [0.25, 0.3) is 0 Å². The first-order chi connectivity index (χ1) is 17.2. The predicted octanol–water partition coefficient (Wildman–Crippen LogP) is 2.26. The van der Waals surface area contributed by atoms with E-state index < -0.39 is 19.1 Å². The molecular formula is C25H43N5O5Si. The van der Waals surface area contributed by atoms with Gasteiger partial charge in [-0.3, -0.25) is 15.8 Å². The highest BCUT2D eigenvalue weighted by Crippen LogP contribution is 2.53. The molecule has 4 N–H and O–H groups in total. The standard InChI is InChI=1S/C25H43N5O5Si/c1-7-8-13-36(5,6)25-21(28-16(14-31)22(25)34-24(2,3)35-25)20-18-19(23(32-4)27-15-26-18)29-30(20)17-11-9-10-12-33-17/h15-17,21-22,28-29,31H,7-14H2,1-6H3,(H,26,27)/t16-,17?,21?,22-,25-/m1/s1. The van der Waals surface area contributed by atoms with Crippen LogP contribution in [0.2, 0.25) is 19.1 Å². The molecule has 0 spiro atoms. The zero-order valence-corrected chi connectivity index (χ0v) is 23.5. The minimum Gasteiger partial charge on any atom is -0.479 e. The molecule has 0 aromatic heterocycles. The summed E-state index contributed by atoms with van der Waals surface area (Å²) in [6.45, 7) is 11.7. The maximum absolute atomic E-state index is 10.5. The van der Waals surface area contributed by atoms with E-state index in [2.05, 4.69) is 46.1 Å². The maximum Gasteiger partial charge on any atom is 0.242 e. The molecule has 10 nitrogen and oxygen atoms in total. The number of nitrogens with one attached hydrogen (secondary N) is 3. The molecule has 0 bridgehead atoms. The van der Waals surface area contributed by atoms with E-state index in [1.807, 2.05) is 13.8 Å². The van der Waals surface area contributed by atoms with Crippen molar-refractivity contribution in [3.05, 3.63) is 23.0 Å². The number of hydrogen-bond donors (Lipinski definition) is 4. The van der Waals surface area contributed by atoms with E-state index in [-0.39, 0.29) is 31.0 Å². The first-order valence-corrected chi connectivity index (χ1v) is 16.6. The summed E-state index contributed by atoms with van der Waals surface area (Å²) in [4.78, 5) is 4.41. The van der Waals surface area contributed by atoms with Crippen LogP contribution >= 0.6 is 0 Å². The highest BCUT2D eigenvalue weighted by atomic mass is 28.3. The number of methoxy groups -OCH3 is 1. The number of fused-ring (bicyclic) bond motifs is 2. The van der Waals surface area contributed by atoms with E-state index in [1.165, 1.54) is 0 Å². The van der Waals surface area contributed by atoms with Crippen molar-refractivity contribution >= 4 is 14.4 Å². The summed E-state index contributed by atoms with van der Waals surface area (Å²) >= 11 is 0. The predicted molar refractivity (Wildman–Crippen MR) is 139 cm³/mol. The molecule has 11 heteroatoms. The topological polar surface area (TPSA) is 109 Å². The summed E-state index contributed by atoms with van der Waals surface area (Å²) in [5, 5.41) is 19.2. The van der Waals surface area contributed by atoms with Gasteiger partial charge in [-0.1, -0.05) is 38.9 Å². The first kappa shape index (κ1) is 26.0. The van der Waals surface area contributed by atoms with E-state index >= 15 is 0 Å². The van der Waals surface area contributed by atoms with Crippen molar-refractivity contribution < 1.29 is 24.1 Å². The van der Waals surface area contributed by atoms with E-state index in [0.29, 0.717) is 5.88 Å². The van der Waals surface area contributed by atoms with Crippen LogP contribution in [0.4, 0.5) is 0 Å². The number of hydrazine groups is 1. The van der Waals surface area contributed by atoms with Crippen molar-refractivity contribution in [2.45, 2.75) is 107 Å². The van der Waals surface area contributed by atoms with Gasteiger partial charge in [0.05, 0.1) is 51.6 Å². The van der Waals surface area contributed by atoms with Crippen LogP contribution in [0.1, 0.15) is 52.9 Å². The Morgan fingerprint density at radius 2 is 2.08 bits per heavy atom. The summed E-state index contributed by atoms with van der Waals surface area (Å²) in [6, 6.07) is 0.620. The molecule has 5 heterocycles. The Labute approximate surface area is 215 Å². The van der Waals surface area contributed by atoms with Gasteiger partial charge in [0.15, 0.2) is 5.79 Å². The maximum atomic E-state index is 10.5. The summed E-state index contributed by atoms with van der Waals surface area (Å²) in [6.07, 6.45) is 6.59. The van der Waals surface area contributed by atoms with Crippen molar-refractivity contribution in [2.75, 3.05) is 20.3 Å². The summed E-state index contributed by atoms with van der Waals surface area (Å²) in [5.74, 6) is -0.232. The van der Waals surface area contributed by atoms with Gasteiger partial charge in [-0.15, -0.1) is 0 Å². The van der Waals surface area contributed by atoms with Crippen molar-refractivity contribution in [1.29, 1.82) is 0 Å². The molecule has 202 valence electrons. The zero-order valence-electron chi connectivity index (χ0n) is 22.5. The Morgan fingerprint density at radius 3 is 2.75 bits per heavy atom. The minimum absolute atomic E-state index is 0.0303. The number of rotatable bonds is 8. The van der Waals surface area contributed by atoms with Crippen LogP contribution in [0.15, 0.2) is 28.0 Å². The SMILES string of the molecule is CCCC[Si](C)(C)[C@@]12OC(C)(C)O[C@@H]1[C@@H](CO)NC2C1=C2NC=NC(OC)=C2NN1C1CCCCO1. The van der Waals surface area contributed by atoms with E-state index in [9.17, 15) is 5.11 Å². The first-order valence-electron chi connectivity index (χ1n) is 13.4. The molecule has 0 aliphatic carbocycles. The Morgan fingerprint density at radius 1 is 1.28 bits per heavy atom. The lowest BCUT2D eigenvalue weighted by molar-refractivity contribution is -0.164. The quantitative estimate of drug-likeness (QED) is 0.358. The average Bonchev–Trinajstić information content (AvgIpc) is 3.49. The molecule has 5 atom stereocenters. The fourth-order valence-electron chi connectivity index (χ4n) is 6.67. The Kier molecular flexibility index (Phi) is 6.93. The Balaban J connectivity index is 1.68. The van der Waals surface area contributed by atoms with Crippen LogP contribution < -0.4 is 16.1 Å². The number of nitrogens with zero attached hydrogens (tertiary/aromatic N) is 2. The lowest BCUT2D eigenvalue weighted by Gasteiger charge is -2.47. The van der Waals surface area contributed by atoms with Gasteiger partial charge in [0.2, 0.25) is 5.88 Å². The van der Waals surface area contributed by atoms with E-state index in [0.717, 1.165) is 61.8 Å². The van der Waals surface area contributed by atoms with Crippen molar-refractivity contribution in [3.8, 4) is 0 Å². The number of hydrogen-bond acceptors (Lipinski definition) is 10. The van der Waals surface area contributed by atoms with E-state index in [4.69, 9.17) is 18.9 Å². The highest BCUT2D eigenvalue weighted by molar-refractivity contribution is 6.80. The van der Waals surface area contributed by atoms with Gasteiger partial charge < -0.3 is 29.4 Å². The molecule has 3 fully saturated rings. The molecule has 0 amide bonds. The molecule has 0 aromatic rings. The third-order valence-corrected chi connectivity index (χ3v) is 12.7. The Bertz CT molecular complexity index is 947. The molecule has 36 heavy (non-hydrogen) atoms. The number of ether oxygens (including phenoxy) is 4. The van der Waals surface area contributed by atoms with Crippen LogP contribution in [0.5, 0.6) is 0 Å². The molecular weight excluding hydrogens is 478 g/mol. The summed E-state index contributed by atoms with van der Waals surface area (Å²) in [7, 11) is -0.506. The fraction of sp³-hybridized carbons (Fsp3) is 0.800. The molecule has 5 aliphatic rings. The lowest BCUT2D eigenvalue weighted by Crippen LogP contribution is -2.67. The van der Waals surface area contributed by atoms with E-state index in [1.54, 1.807) is 13.4 Å². The normalized spacial score (nSPS) is 35.6. The fourth-order valence-corrected chi connectivity index (χ4v) is 10.9. The van der Waals surface area contributed by atoms with Gasteiger partial charge in [-0.05, 0) is 33.1 Å². The van der Waals surface area contributed by atoms with Crippen LogP contribution in [0.25, 0.3) is 0 Å². The number of aliphatic hydroxyl groups is 1. The van der Waals surface area contributed by atoms with Crippen molar-refractivity contribution in [3.63, 3.8) is 0 Å². The Hall–Kier alpha value is -1.63. The molecule has 0 radical (unpaired) electrons. The molecule has 2 unspecified atom stereocenters. The number of aliphatic imine (C=N–C) groups is 1. The van der Waals surface area contributed by atoms with Crippen LogP contribution in [-0.2, 0) is 18.9 Å². The van der Waals surface area contributed by atoms with Gasteiger partial charge in [-0.25, -0.2) is 4.99 Å². The summed E-state index contributed by atoms with van der Waals surface area (Å²) < 4.78 is 25.6. The smallest absolute Gasteiger partial charge is 0.242 e. The molecule has 5 rings (SSSR count). The van der Waals surface area contributed by atoms with Gasteiger partial charge in [-0.2, -0.15) is 0 Å². The highest BCUT2D eigenvalue weighted by Gasteiger charge is 2.72. The second-order valence-electron chi connectivity index (χ2n) is 11.6. The second-order valence-corrected chi connectivity index (χ2v) is 16.6. The van der Waals surface area contributed by atoms with Crippen molar-refractivity contribution in [2.24, 2.45) is 4.99 Å². The van der Waals surface area contributed by atoms with Crippen LogP contribution in [0.3, 0.4) is 0 Å². The van der Waals surface area contributed by atoms with Crippen molar-refractivity contribution in [1.82, 2.24) is 21.1 Å². The van der Waals surface area contributed by atoms with Gasteiger partial charge in [0.1, 0.15) is 23.3 Å². The van der Waals surface area contributed by atoms with Crippen LogP contribution in [-0.4, -0.2) is 80.3 Å². The molecule has 3 saturated heterocycles. The third kappa shape index (κ3) is 3.99. The molecule has 0 saturated carbocycles. The van der Waals surface area contributed by atoms with Gasteiger partial charge in [0, 0.05) is 6.61 Å². The largest absolute Gasteiger partial charge is 0.479 e. The van der Waals surface area contributed by atoms with Crippen LogP contribution in [0, 0.1) is 0 Å². The zero-order chi connectivity index (χ0) is 25.7. The molecule has 0 aromatic carbocycles. The minimum atomic E-state index is -2.14. The average molecular weight is 522 g/mol. The number of unbranched alkanes of at least 4 members (excludes halogenated alkanes) is 1.